The number of halogens is 1. The van der Waals surface area contributed by atoms with Crippen LogP contribution in [0, 0.1) is 5.82 Å². The van der Waals surface area contributed by atoms with Crippen LogP contribution in [-0.4, -0.2) is 35.1 Å². The molecule has 2 heterocycles. The molecule has 1 aromatic carbocycles. The fraction of sp³-hybridized carbons (Fsp3) is 0.375. The number of aromatic nitrogens is 1. The van der Waals surface area contributed by atoms with E-state index < -0.39 is 17.2 Å². The van der Waals surface area contributed by atoms with Crippen LogP contribution in [0.4, 0.5) is 10.1 Å². The quantitative estimate of drug-likeness (QED) is 0.496. The predicted molar refractivity (Wildman–Crippen MR) is 95.0 cm³/mol. The minimum Gasteiger partial charge on any atom is -0.367 e. The van der Waals surface area contributed by atoms with Crippen LogP contribution in [0.2, 0.25) is 0 Å². The molecule has 2 aromatic rings. The fourth-order valence-electron chi connectivity index (χ4n) is 2.95. The van der Waals surface area contributed by atoms with E-state index >= 15 is 0 Å². The maximum atomic E-state index is 14.6. The van der Waals surface area contributed by atoms with Crippen molar-refractivity contribution in [2.45, 2.75) is 13.5 Å². The van der Waals surface area contributed by atoms with Crippen LogP contribution in [0.3, 0.4) is 0 Å². The van der Waals surface area contributed by atoms with Gasteiger partial charge >= 0.3 is 0 Å². The Morgan fingerprint density at radius 1 is 1.38 bits per heavy atom. The molecule has 24 heavy (non-hydrogen) atoms. The number of nitrogens with zero attached hydrogens (tertiary/aromatic N) is 2. The molecule has 1 aliphatic rings. The summed E-state index contributed by atoms with van der Waals surface area (Å²) < 4.78 is 16.4. The molecule has 128 valence electrons. The van der Waals surface area contributed by atoms with Gasteiger partial charge in [-0.25, -0.2) is 10.2 Å². The highest BCUT2D eigenvalue weighted by Gasteiger charge is 2.20. The Kier molecular flexibility index (Phi) is 4.77. The molecule has 1 fully saturated rings. The number of carbonyl (C=O) groups excluding carboxylic acids is 1. The van der Waals surface area contributed by atoms with Gasteiger partial charge in [0.2, 0.25) is 5.43 Å². The third kappa shape index (κ3) is 2.87. The highest BCUT2D eigenvalue weighted by Crippen LogP contribution is 2.27. The monoisotopic (exact) mass is 350 g/mol. The Morgan fingerprint density at radius 2 is 2.08 bits per heavy atom. The van der Waals surface area contributed by atoms with Gasteiger partial charge in [-0.1, -0.05) is 0 Å². The van der Waals surface area contributed by atoms with Crippen LogP contribution in [-0.2, 0) is 6.54 Å². The summed E-state index contributed by atoms with van der Waals surface area (Å²) in [6, 6.07) is 2.93. The number of amides is 1. The number of fused-ring (bicyclic) bond motifs is 1. The molecule has 0 unspecified atom stereocenters. The van der Waals surface area contributed by atoms with Gasteiger partial charge in [0.25, 0.3) is 5.91 Å². The van der Waals surface area contributed by atoms with E-state index in [0.717, 1.165) is 24.6 Å². The molecule has 1 aromatic heterocycles. The molecule has 3 rings (SSSR count). The fourth-order valence-corrected chi connectivity index (χ4v) is 3.85. The minimum absolute atomic E-state index is 0.0895. The Bertz CT molecular complexity index is 846. The van der Waals surface area contributed by atoms with Crippen molar-refractivity contribution in [1.29, 1.82) is 0 Å². The lowest BCUT2D eigenvalue weighted by Gasteiger charge is -2.29. The Hall–Kier alpha value is -2.06. The lowest BCUT2D eigenvalue weighted by atomic mass is 10.1. The standard InChI is InChI=1S/C16H19FN4O2S/c1-2-20-9-11(16(23)19-18)15(22)10-7-12(17)14(8-13(10)20)21-3-5-24-6-4-21/h7-9H,2-6,18H2,1H3,(H,19,23). The Labute approximate surface area is 142 Å². The number of thioether (sulfide) groups is 1. The molecule has 6 nitrogen and oxygen atoms in total. The van der Waals surface area contributed by atoms with E-state index in [4.69, 9.17) is 5.84 Å². The van der Waals surface area contributed by atoms with Crippen LogP contribution >= 0.6 is 11.8 Å². The molecule has 0 aliphatic carbocycles. The summed E-state index contributed by atoms with van der Waals surface area (Å²) in [5, 5.41) is 0.186. The van der Waals surface area contributed by atoms with Crippen molar-refractivity contribution in [3.05, 3.63) is 39.9 Å². The summed E-state index contributed by atoms with van der Waals surface area (Å²) >= 11 is 1.84. The molecular weight excluding hydrogens is 331 g/mol. The van der Waals surface area contributed by atoms with Crippen molar-refractivity contribution in [1.82, 2.24) is 9.99 Å². The van der Waals surface area contributed by atoms with Crippen molar-refractivity contribution in [2.75, 3.05) is 29.5 Å². The first-order valence-electron chi connectivity index (χ1n) is 7.77. The molecule has 0 radical (unpaired) electrons. The van der Waals surface area contributed by atoms with Gasteiger partial charge in [0.05, 0.1) is 11.2 Å². The number of rotatable bonds is 3. The van der Waals surface area contributed by atoms with E-state index in [9.17, 15) is 14.0 Å². The third-order valence-corrected chi connectivity index (χ3v) is 5.16. The highest BCUT2D eigenvalue weighted by atomic mass is 32.2. The first-order valence-corrected chi connectivity index (χ1v) is 8.92. The van der Waals surface area contributed by atoms with E-state index in [2.05, 4.69) is 0 Å². The summed E-state index contributed by atoms with van der Waals surface area (Å²) in [6.07, 6.45) is 1.47. The number of nitrogens with one attached hydrogen (secondary N) is 1. The number of nitrogen functional groups attached to an aromatic ring is 1. The summed E-state index contributed by atoms with van der Waals surface area (Å²) in [5.74, 6) is 5.91. The number of carbonyl (C=O) groups is 1. The zero-order chi connectivity index (χ0) is 17.3. The maximum absolute atomic E-state index is 14.6. The average Bonchev–Trinajstić information content (AvgIpc) is 2.62. The SMILES string of the molecule is CCn1cc(C(=O)NN)c(=O)c2cc(F)c(N3CCSCC3)cc21. The van der Waals surface area contributed by atoms with E-state index in [-0.39, 0.29) is 10.9 Å². The van der Waals surface area contributed by atoms with E-state index in [1.807, 2.05) is 29.0 Å². The number of hydrogen-bond donors (Lipinski definition) is 2. The second kappa shape index (κ2) is 6.82. The third-order valence-electron chi connectivity index (χ3n) is 4.22. The molecule has 1 amide bonds. The zero-order valence-corrected chi connectivity index (χ0v) is 14.2. The van der Waals surface area contributed by atoms with Crippen molar-refractivity contribution >= 4 is 34.3 Å². The summed E-state index contributed by atoms with van der Waals surface area (Å²) in [5.41, 5.74) is 2.47. The predicted octanol–water partition coefficient (Wildman–Crippen LogP) is 1.32. The summed E-state index contributed by atoms with van der Waals surface area (Å²) in [4.78, 5) is 26.3. The number of nitrogens with two attached hydrogens (primary N) is 1. The molecule has 0 saturated carbocycles. The second-order valence-electron chi connectivity index (χ2n) is 5.55. The van der Waals surface area contributed by atoms with Gasteiger partial charge in [-0.2, -0.15) is 11.8 Å². The van der Waals surface area contributed by atoms with Gasteiger partial charge in [0.15, 0.2) is 0 Å². The van der Waals surface area contributed by atoms with Gasteiger partial charge in [0, 0.05) is 42.7 Å². The van der Waals surface area contributed by atoms with E-state index in [1.165, 1.54) is 12.3 Å². The van der Waals surface area contributed by atoms with Gasteiger partial charge in [-0.05, 0) is 19.1 Å². The number of hydrazine groups is 1. The van der Waals surface area contributed by atoms with Crippen LogP contribution in [0.15, 0.2) is 23.1 Å². The second-order valence-corrected chi connectivity index (χ2v) is 6.78. The number of hydrogen-bond acceptors (Lipinski definition) is 5. The number of aryl methyl sites for hydroxylation is 1. The number of pyridine rings is 1. The largest absolute Gasteiger partial charge is 0.367 e. The molecule has 0 spiro atoms. The maximum Gasteiger partial charge on any atom is 0.270 e. The Morgan fingerprint density at radius 3 is 2.71 bits per heavy atom. The highest BCUT2D eigenvalue weighted by molar-refractivity contribution is 7.99. The van der Waals surface area contributed by atoms with Gasteiger partial charge in [0.1, 0.15) is 11.4 Å². The minimum atomic E-state index is -0.679. The molecular formula is C16H19FN4O2S. The van der Waals surface area contributed by atoms with Gasteiger partial charge in [-0.3, -0.25) is 15.0 Å². The topological polar surface area (TPSA) is 80.4 Å². The molecule has 3 N–H and O–H groups in total. The van der Waals surface area contributed by atoms with Gasteiger partial charge in [-0.15, -0.1) is 0 Å². The van der Waals surface area contributed by atoms with Crippen LogP contribution in [0.5, 0.6) is 0 Å². The zero-order valence-electron chi connectivity index (χ0n) is 13.3. The van der Waals surface area contributed by atoms with E-state index in [0.29, 0.717) is 17.7 Å². The molecule has 8 heteroatoms. The first kappa shape index (κ1) is 16.8. The Balaban J connectivity index is 2.22. The smallest absolute Gasteiger partial charge is 0.270 e. The number of benzene rings is 1. The normalized spacial score (nSPS) is 14.9. The molecule has 1 saturated heterocycles. The average molecular weight is 350 g/mol. The van der Waals surface area contributed by atoms with Crippen molar-refractivity contribution in [2.24, 2.45) is 5.84 Å². The summed E-state index contributed by atoms with van der Waals surface area (Å²) in [6.45, 7) is 3.99. The van der Waals surface area contributed by atoms with Gasteiger partial charge < -0.3 is 9.47 Å². The van der Waals surface area contributed by atoms with E-state index in [1.54, 1.807) is 10.6 Å². The van der Waals surface area contributed by atoms with Crippen LogP contribution < -0.4 is 21.6 Å². The molecule has 0 atom stereocenters. The van der Waals surface area contributed by atoms with Crippen LogP contribution in [0.1, 0.15) is 17.3 Å². The van der Waals surface area contributed by atoms with Crippen molar-refractivity contribution < 1.29 is 9.18 Å². The van der Waals surface area contributed by atoms with Crippen LogP contribution in [0.25, 0.3) is 10.9 Å². The number of anilines is 1. The lowest BCUT2D eigenvalue weighted by Crippen LogP contribution is -2.35. The molecule has 1 aliphatic heterocycles. The lowest BCUT2D eigenvalue weighted by molar-refractivity contribution is 0.0952. The molecule has 0 bridgehead atoms. The summed E-state index contributed by atoms with van der Waals surface area (Å²) in [7, 11) is 0. The first-order chi connectivity index (χ1) is 11.6. The van der Waals surface area contributed by atoms with Crippen molar-refractivity contribution in [3.63, 3.8) is 0 Å². The van der Waals surface area contributed by atoms with Crippen molar-refractivity contribution in [3.8, 4) is 0 Å².